The van der Waals surface area contributed by atoms with E-state index in [-0.39, 0.29) is 11.4 Å². The van der Waals surface area contributed by atoms with Crippen molar-refractivity contribution in [3.8, 4) is 0 Å². The fourth-order valence-corrected chi connectivity index (χ4v) is 1.59. The summed E-state index contributed by atoms with van der Waals surface area (Å²) in [6.45, 7) is 0. The summed E-state index contributed by atoms with van der Waals surface area (Å²) >= 11 is 5.90. The zero-order valence-electron chi connectivity index (χ0n) is 5.70. The Bertz CT molecular complexity index is 153. The lowest BCUT2D eigenvalue weighted by Gasteiger charge is -2.22. The summed E-state index contributed by atoms with van der Waals surface area (Å²) < 4.78 is 0. The molecule has 3 nitrogen and oxygen atoms in total. The highest BCUT2D eigenvalue weighted by molar-refractivity contribution is 6.21. The molecule has 1 saturated carbocycles. The molecule has 0 spiro atoms. The molecule has 0 amide bonds. The number of azide groups is 1. The van der Waals surface area contributed by atoms with E-state index < -0.39 is 0 Å². The SMILES string of the molecule is [N-]=[N+]=N[C@@H]1CCCC[C@H]1Cl. The zero-order valence-corrected chi connectivity index (χ0v) is 6.46. The molecule has 0 saturated heterocycles. The van der Waals surface area contributed by atoms with Crippen molar-refractivity contribution in [2.75, 3.05) is 0 Å². The topological polar surface area (TPSA) is 48.8 Å². The van der Waals surface area contributed by atoms with Gasteiger partial charge >= 0.3 is 0 Å². The number of halogens is 1. The van der Waals surface area contributed by atoms with Gasteiger partial charge in [0.05, 0.1) is 6.04 Å². The molecule has 4 heteroatoms. The predicted octanol–water partition coefficient (Wildman–Crippen LogP) is 2.85. The third-order valence-electron chi connectivity index (χ3n) is 1.85. The molecule has 0 aromatic carbocycles. The molecule has 0 aliphatic heterocycles. The van der Waals surface area contributed by atoms with E-state index in [0.29, 0.717) is 0 Å². The normalized spacial score (nSPS) is 32.9. The van der Waals surface area contributed by atoms with Crippen LogP contribution < -0.4 is 0 Å². The zero-order chi connectivity index (χ0) is 7.40. The van der Waals surface area contributed by atoms with Gasteiger partial charge in [0.2, 0.25) is 0 Å². The Kier molecular flexibility index (Phi) is 2.84. The molecule has 0 bridgehead atoms. The third kappa shape index (κ3) is 1.79. The highest BCUT2D eigenvalue weighted by atomic mass is 35.5. The Balaban J connectivity index is 2.47. The average Bonchev–Trinajstić information content (AvgIpc) is 1.94. The van der Waals surface area contributed by atoms with E-state index in [9.17, 15) is 0 Å². The van der Waals surface area contributed by atoms with Crippen molar-refractivity contribution in [2.24, 2.45) is 5.11 Å². The van der Waals surface area contributed by atoms with Crippen molar-refractivity contribution in [1.29, 1.82) is 0 Å². The lowest BCUT2D eigenvalue weighted by Crippen LogP contribution is -2.22. The molecular formula is C6H10ClN3. The summed E-state index contributed by atoms with van der Waals surface area (Å²) in [6, 6.07) is 0.0421. The van der Waals surface area contributed by atoms with E-state index in [1.807, 2.05) is 0 Å². The minimum absolute atomic E-state index is 0.0421. The highest BCUT2D eigenvalue weighted by Gasteiger charge is 2.21. The second-order valence-corrected chi connectivity index (χ2v) is 3.13. The van der Waals surface area contributed by atoms with Crippen LogP contribution >= 0.6 is 11.6 Å². The van der Waals surface area contributed by atoms with Crippen molar-refractivity contribution in [1.82, 2.24) is 0 Å². The summed E-state index contributed by atoms with van der Waals surface area (Å²) in [4.78, 5) is 2.75. The Morgan fingerprint density at radius 2 is 2.10 bits per heavy atom. The van der Waals surface area contributed by atoms with Crippen LogP contribution in [0.2, 0.25) is 0 Å². The van der Waals surface area contributed by atoms with Gasteiger partial charge in [0.15, 0.2) is 0 Å². The van der Waals surface area contributed by atoms with E-state index in [1.54, 1.807) is 0 Å². The smallest absolute Gasteiger partial charge is 0.0537 e. The molecule has 0 radical (unpaired) electrons. The first kappa shape index (κ1) is 7.70. The second-order valence-electron chi connectivity index (χ2n) is 2.57. The maximum Gasteiger partial charge on any atom is 0.0537 e. The first-order chi connectivity index (χ1) is 4.84. The Labute approximate surface area is 65.0 Å². The molecule has 0 unspecified atom stereocenters. The summed E-state index contributed by atoms with van der Waals surface area (Å²) in [7, 11) is 0. The van der Waals surface area contributed by atoms with Gasteiger partial charge in [0.1, 0.15) is 0 Å². The van der Waals surface area contributed by atoms with Crippen molar-refractivity contribution in [2.45, 2.75) is 37.1 Å². The quantitative estimate of drug-likeness (QED) is 0.245. The van der Waals surface area contributed by atoms with E-state index in [2.05, 4.69) is 10.0 Å². The molecule has 1 rings (SSSR count). The lowest BCUT2D eigenvalue weighted by molar-refractivity contribution is 0.447. The maximum atomic E-state index is 8.14. The summed E-state index contributed by atoms with van der Waals surface area (Å²) in [6.07, 6.45) is 4.27. The van der Waals surface area contributed by atoms with Gasteiger partial charge in [-0.25, -0.2) is 0 Å². The second kappa shape index (κ2) is 3.69. The largest absolute Gasteiger partial charge is 0.123 e. The van der Waals surface area contributed by atoms with Crippen LogP contribution in [0.5, 0.6) is 0 Å². The van der Waals surface area contributed by atoms with Gasteiger partial charge in [-0.1, -0.05) is 18.0 Å². The van der Waals surface area contributed by atoms with Gasteiger partial charge in [-0.3, -0.25) is 0 Å². The van der Waals surface area contributed by atoms with Gasteiger partial charge in [-0.2, -0.15) is 0 Å². The molecule has 1 aliphatic carbocycles. The maximum absolute atomic E-state index is 8.14. The van der Waals surface area contributed by atoms with Gasteiger partial charge in [-0.05, 0) is 18.4 Å². The highest BCUT2D eigenvalue weighted by Crippen LogP contribution is 2.25. The molecule has 0 N–H and O–H groups in total. The van der Waals surface area contributed by atoms with Gasteiger partial charge in [-0.15, -0.1) is 11.6 Å². The molecular weight excluding hydrogens is 150 g/mol. The number of rotatable bonds is 1. The third-order valence-corrected chi connectivity index (χ3v) is 2.36. The summed E-state index contributed by atoms with van der Waals surface area (Å²) in [5, 5.41) is 3.69. The van der Waals surface area contributed by atoms with Crippen LogP contribution in [0.4, 0.5) is 0 Å². The van der Waals surface area contributed by atoms with E-state index >= 15 is 0 Å². The first-order valence-electron chi connectivity index (χ1n) is 3.53. The molecule has 1 aliphatic rings. The molecule has 0 heterocycles. The average molecular weight is 160 g/mol. The standard InChI is InChI=1S/C6H10ClN3/c7-5-3-1-2-4-6(5)9-10-8/h5-6H,1-4H2/t5-,6-/m1/s1. The van der Waals surface area contributed by atoms with Crippen LogP contribution in [0.25, 0.3) is 10.4 Å². The summed E-state index contributed by atoms with van der Waals surface area (Å²) in [5.74, 6) is 0. The molecule has 56 valence electrons. The lowest BCUT2D eigenvalue weighted by atomic mass is 9.96. The minimum Gasteiger partial charge on any atom is -0.123 e. The van der Waals surface area contributed by atoms with Gasteiger partial charge < -0.3 is 0 Å². The van der Waals surface area contributed by atoms with Crippen LogP contribution in [0.3, 0.4) is 0 Å². The number of alkyl halides is 1. The molecule has 1 fully saturated rings. The molecule has 0 aromatic heterocycles. The monoisotopic (exact) mass is 159 g/mol. The van der Waals surface area contributed by atoms with Crippen molar-refractivity contribution >= 4 is 11.6 Å². The predicted molar refractivity (Wildman–Crippen MR) is 41.0 cm³/mol. The van der Waals surface area contributed by atoms with Crippen LogP contribution in [0, 0.1) is 0 Å². The Morgan fingerprint density at radius 1 is 1.40 bits per heavy atom. The van der Waals surface area contributed by atoms with Crippen LogP contribution in [-0.4, -0.2) is 11.4 Å². The van der Waals surface area contributed by atoms with Crippen LogP contribution in [0.15, 0.2) is 5.11 Å². The van der Waals surface area contributed by atoms with Crippen LogP contribution in [0.1, 0.15) is 25.7 Å². The van der Waals surface area contributed by atoms with Crippen molar-refractivity contribution in [3.63, 3.8) is 0 Å². The van der Waals surface area contributed by atoms with Crippen LogP contribution in [-0.2, 0) is 0 Å². The minimum atomic E-state index is 0.0421. The van der Waals surface area contributed by atoms with E-state index in [4.69, 9.17) is 17.1 Å². The number of hydrogen-bond donors (Lipinski definition) is 0. The fourth-order valence-electron chi connectivity index (χ4n) is 1.26. The van der Waals surface area contributed by atoms with Crippen molar-refractivity contribution < 1.29 is 0 Å². The fraction of sp³-hybridized carbons (Fsp3) is 1.00. The van der Waals surface area contributed by atoms with E-state index in [1.165, 1.54) is 6.42 Å². The Morgan fingerprint density at radius 3 is 2.70 bits per heavy atom. The van der Waals surface area contributed by atoms with Crippen molar-refractivity contribution in [3.05, 3.63) is 10.4 Å². The Hall–Kier alpha value is -0.400. The summed E-state index contributed by atoms with van der Waals surface area (Å²) in [5.41, 5.74) is 8.14. The number of hydrogen-bond acceptors (Lipinski definition) is 1. The van der Waals surface area contributed by atoms with Gasteiger partial charge in [0, 0.05) is 10.3 Å². The molecule has 10 heavy (non-hydrogen) atoms. The molecule has 2 atom stereocenters. The molecule has 0 aromatic rings. The van der Waals surface area contributed by atoms with E-state index in [0.717, 1.165) is 19.3 Å². The number of nitrogens with zero attached hydrogens (tertiary/aromatic N) is 3. The van der Waals surface area contributed by atoms with Gasteiger partial charge in [0.25, 0.3) is 0 Å². The first-order valence-corrected chi connectivity index (χ1v) is 3.96.